The molecule has 8 heteroatoms. The lowest BCUT2D eigenvalue weighted by molar-refractivity contribution is -0.0102. The molecule has 0 aromatic heterocycles. The number of thiocarbonyl (C=S) groups is 2. The summed E-state index contributed by atoms with van der Waals surface area (Å²) < 4.78 is 10.7. The average molecular weight is 449 g/mol. The minimum absolute atomic E-state index is 0.193. The first-order valence-electron chi connectivity index (χ1n) is 10.8. The summed E-state index contributed by atoms with van der Waals surface area (Å²) in [5.74, 6) is 4.31. The molecule has 30 heavy (non-hydrogen) atoms. The molecule has 6 nitrogen and oxygen atoms in total. The average Bonchev–Trinajstić information content (AvgIpc) is 2.70. The maximum atomic E-state index is 5.55. The molecule has 0 radical (unpaired) electrons. The Balaban J connectivity index is 1.20. The zero-order valence-corrected chi connectivity index (χ0v) is 19.4. The van der Waals surface area contributed by atoms with Gasteiger partial charge in [-0.05, 0) is 111 Å². The normalized spacial score (nSPS) is 28.5. The van der Waals surface area contributed by atoms with Crippen LogP contribution in [0, 0.1) is 17.8 Å². The summed E-state index contributed by atoms with van der Waals surface area (Å²) in [6.45, 7) is 0.673. The first kappa shape index (κ1) is 21.4. The van der Waals surface area contributed by atoms with Gasteiger partial charge in [0.2, 0.25) is 0 Å². The third kappa shape index (κ3) is 4.91. The summed E-state index contributed by atoms with van der Waals surface area (Å²) in [5.41, 5.74) is 7.34. The molecule has 4 saturated carbocycles. The lowest BCUT2D eigenvalue weighted by atomic mass is 9.53. The van der Waals surface area contributed by atoms with Crippen molar-refractivity contribution in [1.29, 1.82) is 0 Å². The van der Waals surface area contributed by atoms with Crippen LogP contribution in [0.3, 0.4) is 0 Å². The van der Waals surface area contributed by atoms with Gasteiger partial charge in [0.25, 0.3) is 0 Å². The van der Waals surface area contributed by atoms with Crippen molar-refractivity contribution < 1.29 is 9.47 Å². The molecule has 5 rings (SSSR count). The van der Waals surface area contributed by atoms with Crippen molar-refractivity contribution in [3.8, 4) is 11.5 Å². The fourth-order valence-corrected chi connectivity index (χ4v) is 6.50. The highest BCUT2D eigenvalue weighted by molar-refractivity contribution is 7.80. The van der Waals surface area contributed by atoms with Crippen LogP contribution < -0.4 is 31.0 Å². The van der Waals surface area contributed by atoms with Gasteiger partial charge < -0.3 is 20.1 Å². The van der Waals surface area contributed by atoms with E-state index in [-0.39, 0.29) is 5.54 Å². The van der Waals surface area contributed by atoms with Crippen LogP contribution in [0.5, 0.6) is 11.5 Å². The maximum absolute atomic E-state index is 5.55. The van der Waals surface area contributed by atoms with Gasteiger partial charge in [0.1, 0.15) is 11.5 Å². The molecule has 4 aliphatic carbocycles. The second kappa shape index (κ2) is 9.14. The summed E-state index contributed by atoms with van der Waals surface area (Å²) in [6.07, 6.45) is 8.80. The smallest absolute Gasteiger partial charge is 0.185 e. The zero-order valence-electron chi connectivity index (χ0n) is 17.8. The largest absolute Gasteiger partial charge is 0.497 e. The second-order valence-corrected chi connectivity index (χ2v) is 9.90. The molecule has 0 amide bonds. The van der Waals surface area contributed by atoms with Gasteiger partial charge in [0.15, 0.2) is 10.2 Å². The lowest BCUT2D eigenvalue weighted by Crippen LogP contribution is -2.63. The number of benzene rings is 1. The van der Waals surface area contributed by atoms with Crippen molar-refractivity contribution in [1.82, 2.24) is 21.5 Å². The molecule has 0 unspecified atom stereocenters. The van der Waals surface area contributed by atoms with Crippen LogP contribution in [-0.4, -0.2) is 36.5 Å². The molecule has 4 bridgehead atoms. The predicted molar refractivity (Wildman–Crippen MR) is 127 cm³/mol. The van der Waals surface area contributed by atoms with E-state index in [2.05, 4.69) is 21.5 Å². The fourth-order valence-electron chi connectivity index (χ4n) is 6.08. The van der Waals surface area contributed by atoms with Crippen LogP contribution in [0.2, 0.25) is 0 Å². The Morgan fingerprint density at radius 3 is 2.20 bits per heavy atom. The number of methoxy groups -OCH3 is 2. The Morgan fingerprint density at radius 2 is 1.60 bits per heavy atom. The minimum Gasteiger partial charge on any atom is -0.497 e. The summed E-state index contributed by atoms with van der Waals surface area (Å²) in [5, 5.41) is 7.99. The third-order valence-corrected chi connectivity index (χ3v) is 7.32. The third-order valence-electron chi connectivity index (χ3n) is 6.87. The zero-order chi connectivity index (χ0) is 21.1. The van der Waals surface area contributed by atoms with E-state index in [0.29, 0.717) is 16.8 Å². The molecule has 4 N–H and O–H groups in total. The molecule has 0 heterocycles. The molecule has 0 saturated heterocycles. The van der Waals surface area contributed by atoms with Crippen LogP contribution in [0.25, 0.3) is 0 Å². The number of hydrazine groups is 1. The Labute approximate surface area is 189 Å². The molecule has 1 aromatic carbocycles. The van der Waals surface area contributed by atoms with E-state index in [1.807, 2.05) is 18.2 Å². The Kier molecular flexibility index (Phi) is 6.53. The monoisotopic (exact) mass is 448 g/mol. The summed E-state index contributed by atoms with van der Waals surface area (Å²) in [4.78, 5) is 0. The van der Waals surface area contributed by atoms with Gasteiger partial charge in [0.05, 0.1) is 14.2 Å². The van der Waals surface area contributed by atoms with E-state index >= 15 is 0 Å². The first-order chi connectivity index (χ1) is 14.5. The summed E-state index contributed by atoms with van der Waals surface area (Å²) in [7, 11) is 3.33. The Bertz CT molecular complexity index is 766. The quantitative estimate of drug-likeness (QED) is 0.391. The molecule has 4 aliphatic rings. The summed E-state index contributed by atoms with van der Waals surface area (Å²) in [6, 6.07) is 5.80. The van der Waals surface area contributed by atoms with E-state index in [1.54, 1.807) is 14.2 Å². The van der Waals surface area contributed by atoms with Crippen molar-refractivity contribution in [2.75, 3.05) is 20.8 Å². The molecule has 0 aliphatic heterocycles. The van der Waals surface area contributed by atoms with Crippen LogP contribution >= 0.6 is 24.4 Å². The highest BCUT2D eigenvalue weighted by atomic mass is 32.1. The standard InChI is InChI=1S/C22H32N4O2S2/c1-27-18-3-4-19(28-2)17(10-18)5-6-23-20(29)25-26-21(30)24-22-11-14-7-15(12-22)9-16(8-14)13-22/h3-4,10,14-16H,5-9,11-13H2,1-2H3,(H2,23,25,29)(H2,24,26,30). The molecular formula is C22H32N4O2S2. The molecule has 4 fully saturated rings. The van der Waals surface area contributed by atoms with E-state index in [0.717, 1.165) is 41.2 Å². The van der Waals surface area contributed by atoms with E-state index < -0.39 is 0 Å². The molecular weight excluding hydrogens is 416 g/mol. The molecule has 1 aromatic rings. The number of nitrogens with one attached hydrogen (secondary N) is 4. The number of hydrogen-bond acceptors (Lipinski definition) is 4. The summed E-state index contributed by atoms with van der Waals surface area (Å²) >= 11 is 10.9. The number of hydrogen-bond donors (Lipinski definition) is 4. The van der Waals surface area contributed by atoms with Crippen molar-refractivity contribution in [2.24, 2.45) is 17.8 Å². The van der Waals surface area contributed by atoms with Crippen molar-refractivity contribution in [3.63, 3.8) is 0 Å². The van der Waals surface area contributed by atoms with Crippen molar-refractivity contribution >= 4 is 34.7 Å². The van der Waals surface area contributed by atoms with E-state index in [1.165, 1.54) is 38.5 Å². The topological polar surface area (TPSA) is 66.6 Å². The predicted octanol–water partition coefficient (Wildman–Crippen LogP) is 3.06. The van der Waals surface area contributed by atoms with Gasteiger partial charge >= 0.3 is 0 Å². The van der Waals surface area contributed by atoms with Crippen LogP contribution in [-0.2, 0) is 6.42 Å². The maximum Gasteiger partial charge on any atom is 0.185 e. The van der Waals surface area contributed by atoms with E-state index in [9.17, 15) is 0 Å². The van der Waals surface area contributed by atoms with Crippen LogP contribution in [0.4, 0.5) is 0 Å². The van der Waals surface area contributed by atoms with Gasteiger partial charge in [-0.15, -0.1) is 0 Å². The molecule has 164 valence electrons. The van der Waals surface area contributed by atoms with Crippen LogP contribution in [0.15, 0.2) is 18.2 Å². The van der Waals surface area contributed by atoms with Crippen LogP contribution in [0.1, 0.15) is 44.1 Å². The minimum atomic E-state index is 0.193. The van der Waals surface area contributed by atoms with Gasteiger partial charge in [0, 0.05) is 12.1 Å². The second-order valence-electron chi connectivity index (χ2n) is 9.09. The van der Waals surface area contributed by atoms with Crippen molar-refractivity contribution in [3.05, 3.63) is 23.8 Å². The SMILES string of the molecule is COc1ccc(OC)c(CCNC(=S)NNC(=S)NC23CC4CC(CC(C4)C2)C3)c1. The Morgan fingerprint density at radius 1 is 0.967 bits per heavy atom. The van der Waals surface area contributed by atoms with Gasteiger partial charge in [-0.2, -0.15) is 0 Å². The molecule has 0 spiro atoms. The highest BCUT2D eigenvalue weighted by Crippen LogP contribution is 2.55. The van der Waals surface area contributed by atoms with Gasteiger partial charge in [-0.3, -0.25) is 10.9 Å². The molecule has 0 atom stereocenters. The fraction of sp³-hybridized carbons (Fsp3) is 0.636. The van der Waals surface area contributed by atoms with Gasteiger partial charge in [-0.25, -0.2) is 0 Å². The highest BCUT2D eigenvalue weighted by Gasteiger charge is 2.51. The number of rotatable bonds is 6. The first-order valence-corrected chi connectivity index (χ1v) is 11.6. The Hall–Kier alpha value is -1.80. The van der Waals surface area contributed by atoms with E-state index in [4.69, 9.17) is 33.9 Å². The van der Waals surface area contributed by atoms with Gasteiger partial charge in [-0.1, -0.05) is 0 Å². The van der Waals surface area contributed by atoms with Crippen molar-refractivity contribution in [2.45, 2.75) is 50.5 Å². The lowest BCUT2D eigenvalue weighted by Gasteiger charge is -2.57. The number of ether oxygens (including phenoxy) is 2.